The molecule has 0 radical (unpaired) electrons. The van der Waals surface area contributed by atoms with E-state index in [9.17, 15) is 0 Å². The molecule has 0 atom stereocenters. The number of hydrogen-bond acceptors (Lipinski definition) is 0. The van der Waals surface area contributed by atoms with Crippen LogP contribution >= 0.6 is 0 Å². The van der Waals surface area contributed by atoms with E-state index >= 15 is 0 Å². The molecule has 0 unspecified atom stereocenters. The van der Waals surface area contributed by atoms with Crippen molar-refractivity contribution >= 4 is 43.6 Å². The van der Waals surface area contributed by atoms with Crippen molar-refractivity contribution < 1.29 is 0 Å². The van der Waals surface area contributed by atoms with Gasteiger partial charge in [-0.2, -0.15) is 0 Å². The van der Waals surface area contributed by atoms with Gasteiger partial charge < -0.3 is 9.13 Å². The van der Waals surface area contributed by atoms with Gasteiger partial charge in [0.2, 0.25) is 0 Å². The molecule has 0 saturated carbocycles. The highest BCUT2D eigenvalue weighted by Crippen LogP contribution is 2.38. The quantitative estimate of drug-likeness (QED) is 0.193. The van der Waals surface area contributed by atoms with Crippen LogP contribution in [-0.4, -0.2) is 9.13 Å². The zero-order valence-corrected chi connectivity index (χ0v) is 26.1. The van der Waals surface area contributed by atoms with Crippen LogP contribution in [0.3, 0.4) is 0 Å². The van der Waals surface area contributed by atoms with Gasteiger partial charge in [0, 0.05) is 32.9 Å². The Morgan fingerprint density at radius 3 is 1.17 bits per heavy atom. The number of fused-ring (bicyclic) bond motifs is 6. The van der Waals surface area contributed by atoms with E-state index < -0.39 is 0 Å². The third-order valence-corrected chi connectivity index (χ3v) is 8.93. The minimum absolute atomic E-state index is 1.17. The number of para-hydroxylation sites is 3. The third-order valence-electron chi connectivity index (χ3n) is 8.93. The first-order valence-corrected chi connectivity index (χ1v) is 16.1. The first-order valence-electron chi connectivity index (χ1n) is 16.1. The molecule has 0 aliphatic heterocycles. The molecule has 2 aromatic heterocycles. The van der Waals surface area contributed by atoms with Crippen LogP contribution in [0.1, 0.15) is 13.8 Å². The van der Waals surface area contributed by atoms with Gasteiger partial charge in [0.25, 0.3) is 0 Å². The van der Waals surface area contributed by atoms with E-state index in [1.54, 1.807) is 0 Å². The molecule has 0 spiro atoms. The Morgan fingerprint density at radius 1 is 0.283 bits per heavy atom. The summed E-state index contributed by atoms with van der Waals surface area (Å²) in [5.41, 5.74) is 12.1. The molecule has 0 aliphatic rings. The zero-order valence-electron chi connectivity index (χ0n) is 26.1. The Morgan fingerprint density at radius 2 is 0.652 bits per heavy atom. The Bertz CT molecular complexity index is 2460. The molecule has 0 bridgehead atoms. The van der Waals surface area contributed by atoms with Crippen LogP contribution in [0, 0.1) is 0 Å². The maximum atomic E-state index is 2.39. The fourth-order valence-electron chi connectivity index (χ4n) is 6.87. The molecule has 46 heavy (non-hydrogen) atoms. The standard InChI is InChI=1S/C42H28N2.C2H6/c1-3-11-29(12-4-1)30-19-23-34(24-20-30)44-40-18-10-8-16-36(40)38-28-32(22-26-42(38)44)31-21-25-41-37(27-31)35-15-7-9-17-39(35)43(41)33-13-5-2-6-14-33;1-2/h1-28H;1-2H3. The molecule has 9 aromatic rings. The maximum Gasteiger partial charge on any atom is 0.0541 e. The van der Waals surface area contributed by atoms with Crippen molar-refractivity contribution in [3.05, 3.63) is 170 Å². The molecular weight excluding hydrogens is 556 g/mol. The van der Waals surface area contributed by atoms with Gasteiger partial charge in [-0.1, -0.05) is 123 Å². The van der Waals surface area contributed by atoms with Crippen molar-refractivity contribution in [2.45, 2.75) is 13.8 Å². The molecule has 0 aliphatic carbocycles. The molecule has 2 heterocycles. The number of benzene rings is 7. The number of nitrogens with zero attached hydrogens (tertiary/aromatic N) is 2. The van der Waals surface area contributed by atoms with E-state index in [4.69, 9.17) is 0 Å². The summed E-state index contributed by atoms with van der Waals surface area (Å²) >= 11 is 0. The predicted molar refractivity (Wildman–Crippen MR) is 197 cm³/mol. The van der Waals surface area contributed by atoms with Crippen molar-refractivity contribution in [1.82, 2.24) is 9.13 Å². The van der Waals surface area contributed by atoms with Gasteiger partial charge in [0.1, 0.15) is 0 Å². The second-order valence-corrected chi connectivity index (χ2v) is 11.4. The fourth-order valence-corrected chi connectivity index (χ4v) is 6.87. The highest BCUT2D eigenvalue weighted by Gasteiger charge is 2.16. The van der Waals surface area contributed by atoms with Crippen LogP contribution in [-0.2, 0) is 0 Å². The van der Waals surface area contributed by atoms with E-state index in [0.717, 1.165) is 0 Å². The number of rotatable bonds is 4. The fraction of sp³-hybridized carbons (Fsp3) is 0.0455. The summed E-state index contributed by atoms with van der Waals surface area (Å²) in [6, 6.07) is 61.4. The molecule has 0 fully saturated rings. The molecular formula is C44H34N2. The summed E-state index contributed by atoms with van der Waals surface area (Å²) in [5.74, 6) is 0. The lowest BCUT2D eigenvalue weighted by Crippen LogP contribution is -1.93. The van der Waals surface area contributed by atoms with Crippen molar-refractivity contribution in [2.24, 2.45) is 0 Å². The SMILES string of the molecule is CC.c1ccc(-c2ccc(-n3c4ccccc4c4cc(-c5ccc6c(c5)c5ccccc5n6-c5ccccc5)ccc43)cc2)cc1. The largest absolute Gasteiger partial charge is 0.309 e. The lowest BCUT2D eigenvalue weighted by atomic mass is 10.0. The van der Waals surface area contributed by atoms with Gasteiger partial charge in [0.15, 0.2) is 0 Å². The van der Waals surface area contributed by atoms with Crippen LogP contribution in [0.25, 0.3) is 77.2 Å². The van der Waals surface area contributed by atoms with E-state index in [1.807, 2.05) is 13.8 Å². The van der Waals surface area contributed by atoms with Gasteiger partial charge in [-0.05, 0) is 82.9 Å². The summed E-state index contributed by atoms with van der Waals surface area (Å²) in [6.45, 7) is 4.00. The number of hydrogen-bond donors (Lipinski definition) is 0. The smallest absolute Gasteiger partial charge is 0.0541 e. The van der Waals surface area contributed by atoms with Crippen molar-refractivity contribution in [1.29, 1.82) is 0 Å². The van der Waals surface area contributed by atoms with Crippen LogP contribution < -0.4 is 0 Å². The highest BCUT2D eigenvalue weighted by molar-refractivity contribution is 6.12. The third kappa shape index (κ3) is 4.50. The van der Waals surface area contributed by atoms with Crippen molar-refractivity contribution in [2.75, 3.05) is 0 Å². The summed E-state index contributed by atoms with van der Waals surface area (Å²) in [5, 5.41) is 5.06. The molecule has 9 rings (SSSR count). The summed E-state index contributed by atoms with van der Waals surface area (Å²) < 4.78 is 4.76. The van der Waals surface area contributed by atoms with Crippen LogP contribution in [0.15, 0.2) is 170 Å². The molecule has 0 N–H and O–H groups in total. The Hall–Kier alpha value is -5.86. The van der Waals surface area contributed by atoms with E-state index in [0.29, 0.717) is 0 Å². The van der Waals surface area contributed by atoms with Gasteiger partial charge in [-0.15, -0.1) is 0 Å². The van der Waals surface area contributed by atoms with Crippen LogP contribution in [0.2, 0.25) is 0 Å². The highest BCUT2D eigenvalue weighted by atomic mass is 15.0. The number of aromatic nitrogens is 2. The van der Waals surface area contributed by atoms with Gasteiger partial charge >= 0.3 is 0 Å². The van der Waals surface area contributed by atoms with E-state index in [-0.39, 0.29) is 0 Å². The molecule has 0 saturated heterocycles. The second-order valence-electron chi connectivity index (χ2n) is 11.4. The maximum absolute atomic E-state index is 2.39. The van der Waals surface area contributed by atoms with Crippen LogP contribution in [0.5, 0.6) is 0 Å². The summed E-state index contributed by atoms with van der Waals surface area (Å²) in [6.07, 6.45) is 0. The zero-order chi connectivity index (χ0) is 31.0. The summed E-state index contributed by atoms with van der Waals surface area (Å²) in [7, 11) is 0. The minimum atomic E-state index is 1.17. The van der Waals surface area contributed by atoms with Crippen LogP contribution in [0.4, 0.5) is 0 Å². The summed E-state index contributed by atoms with van der Waals surface area (Å²) in [4.78, 5) is 0. The molecule has 2 nitrogen and oxygen atoms in total. The monoisotopic (exact) mass is 590 g/mol. The average Bonchev–Trinajstić information content (AvgIpc) is 3.65. The first kappa shape index (κ1) is 27.7. The minimum Gasteiger partial charge on any atom is -0.309 e. The van der Waals surface area contributed by atoms with Gasteiger partial charge in [0.05, 0.1) is 22.1 Å². The molecule has 7 aromatic carbocycles. The van der Waals surface area contributed by atoms with Gasteiger partial charge in [-0.3, -0.25) is 0 Å². The topological polar surface area (TPSA) is 9.86 Å². The Balaban J connectivity index is 0.00000153. The van der Waals surface area contributed by atoms with E-state index in [2.05, 4.69) is 179 Å². The van der Waals surface area contributed by atoms with Crippen molar-refractivity contribution in [3.8, 4) is 33.6 Å². The molecule has 2 heteroatoms. The van der Waals surface area contributed by atoms with Gasteiger partial charge in [-0.25, -0.2) is 0 Å². The lowest BCUT2D eigenvalue weighted by molar-refractivity contribution is 1.18. The Labute approximate surface area is 269 Å². The normalized spacial score (nSPS) is 11.3. The van der Waals surface area contributed by atoms with Crippen molar-refractivity contribution in [3.63, 3.8) is 0 Å². The van der Waals surface area contributed by atoms with E-state index in [1.165, 1.54) is 77.2 Å². The molecule has 0 amide bonds. The Kier molecular flexibility index (Phi) is 6.96. The predicted octanol–water partition coefficient (Wildman–Crippen LogP) is 12.2. The molecule has 220 valence electrons. The average molecular weight is 591 g/mol. The first-order chi connectivity index (χ1) is 22.8. The lowest BCUT2D eigenvalue weighted by Gasteiger charge is -2.10. The second kappa shape index (κ2) is 11.6.